The molecule has 2 fully saturated rings. The van der Waals surface area contributed by atoms with E-state index < -0.39 is 60.8 Å². The molecule has 262 valence electrons. The summed E-state index contributed by atoms with van der Waals surface area (Å²) in [7, 11) is -6.44. The Balaban J connectivity index is 1.66. The lowest BCUT2D eigenvalue weighted by molar-refractivity contribution is -0.0907. The first-order valence-corrected chi connectivity index (χ1v) is 19.0. The molecule has 47 heavy (non-hydrogen) atoms. The van der Waals surface area contributed by atoms with Gasteiger partial charge in [0, 0.05) is 6.54 Å². The predicted molar refractivity (Wildman–Crippen MR) is 175 cm³/mol. The predicted octanol–water partition coefficient (Wildman–Crippen LogP) is 2.33. The van der Waals surface area contributed by atoms with Gasteiger partial charge in [-0.2, -0.15) is 0 Å². The van der Waals surface area contributed by atoms with Crippen molar-refractivity contribution in [3.63, 3.8) is 0 Å². The monoisotopic (exact) mass is 697 g/mol. The van der Waals surface area contributed by atoms with Crippen LogP contribution in [0.3, 0.4) is 0 Å². The Bertz CT molecular complexity index is 1560. The van der Waals surface area contributed by atoms with Gasteiger partial charge in [0.1, 0.15) is 18.0 Å². The number of benzene rings is 2. The highest BCUT2D eigenvalue weighted by Gasteiger charge is 2.53. The number of amides is 1. The molecule has 2 aromatic carbocycles. The standard InChI is InChI=1S/C32H47N3O10S2/c1-31(2,16-8-17-34-46(4,38)39)21-32(33,47(40,41)24-13-11-23(42-3)12-14-24)28(36)26(19-22-9-6-5-7-10-22)35-30(37)45-27-20-44-29-25(27)15-18-43-29/h5-7,9-14,25-29,34,36H,8,15-21,33H2,1-4H3,(H,35,37)/t25-,26-,27-,28+,29+,32?/m0/s1. The van der Waals surface area contributed by atoms with Crippen LogP contribution in [0.25, 0.3) is 0 Å². The summed E-state index contributed by atoms with van der Waals surface area (Å²) in [5, 5.41) is 14.9. The van der Waals surface area contributed by atoms with Crippen molar-refractivity contribution in [1.29, 1.82) is 0 Å². The molecule has 13 nitrogen and oxygen atoms in total. The number of aliphatic hydroxyl groups is 1. The summed E-state index contributed by atoms with van der Waals surface area (Å²) >= 11 is 0. The number of carbonyl (C=O) groups excluding carboxylic acids is 1. The molecule has 0 aliphatic carbocycles. The minimum Gasteiger partial charge on any atom is -0.497 e. The minimum atomic E-state index is -4.49. The van der Waals surface area contributed by atoms with Crippen molar-refractivity contribution < 1.29 is 45.7 Å². The van der Waals surface area contributed by atoms with Crippen molar-refractivity contribution in [2.24, 2.45) is 17.1 Å². The van der Waals surface area contributed by atoms with Gasteiger partial charge in [0.25, 0.3) is 0 Å². The zero-order valence-electron chi connectivity index (χ0n) is 27.3. The Kier molecular flexibility index (Phi) is 12.0. The fourth-order valence-corrected chi connectivity index (χ4v) is 8.83. The van der Waals surface area contributed by atoms with Crippen molar-refractivity contribution in [3.8, 4) is 5.75 Å². The van der Waals surface area contributed by atoms with Gasteiger partial charge in [0.15, 0.2) is 21.0 Å². The van der Waals surface area contributed by atoms with Gasteiger partial charge in [-0.3, -0.25) is 0 Å². The molecule has 1 amide bonds. The Morgan fingerprint density at radius 2 is 1.77 bits per heavy atom. The number of sulfonamides is 1. The van der Waals surface area contributed by atoms with E-state index in [1.807, 2.05) is 6.07 Å². The third kappa shape index (κ3) is 9.43. The van der Waals surface area contributed by atoms with Crippen molar-refractivity contribution >= 4 is 26.0 Å². The van der Waals surface area contributed by atoms with Gasteiger partial charge in [0.05, 0.1) is 43.4 Å². The second kappa shape index (κ2) is 15.2. The maximum absolute atomic E-state index is 14.5. The normalized spacial score (nSPS) is 22.6. The van der Waals surface area contributed by atoms with Crippen LogP contribution >= 0.6 is 0 Å². The lowest BCUT2D eigenvalue weighted by Crippen LogP contribution is -2.65. The molecule has 2 aliphatic rings. The summed E-state index contributed by atoms with van der Waals surface area (Å²) in [5.41, 5.74) is 6.86. The van der Waals surface area contributed by atoms with Crippen LogP contribution in [0.15, 0.2) is 59.5 Å². The van der Waals surface area contributed by atoms with Crippen molar-refractivity contribution in [3.05, 3.63) is 60.2 Å². The molecule has 15 heteroatoms. The number of aliphatic hydroxyl groups excluding tert-OH is 1. The zero-order valence-corrected chi connectivity index (χ0v) is 28.9. The number of carbonyl (C=O) groups is 1. The van der Waals surface area contributed by atoms with E-state index >= 15 is 0 Å². The first-order valence-electron chi connectivity index (χ1n) is 15.6. The number of ether oxygens (including phenoxy) is 4. The fraction of sp³-hybridized carbons (Fsp3) is 0.594. The van der Waals surface area contributed by atoms with E-state index in [1.54, 1.807) is 38.1 Å². The Morgan fingerprint density at radius 1 is 1.09 bits per heavy atom. The van der Waals surface area contributed by atoms with E-state index in [0.717, 1.165) is 11.8 Å². The molecular formula is C32H47N3O10S2. The largest absolute Gasteiger partial charge is 0.497 e. The van der Waals surface area contributed by atoms with E-state index in [1.165, 1.54) is 31.4 Å². The number of alkyl carbamates (subject to hydrolysis) is 1. The number of rotatable bonds is 16. The number of sulfone groups is 1. The van der Waals surface area contributed by atoms with E-state index in [0.29, 0.717) is 31.6 Å². The molecule has 4 rings (SSSR count). The van der Waals surface area contributed by atoms with Crippen LogP contribution in [0.4, 0.5) is 4.79 Å². The summed E-state index contributed by atoms with van der Waals surface area (Å²) in [5.74, 6) is 0.309. The van der Waals surface area contributed by atoms with Crippen molar-refractivity contribution in [2.75, 3.05) is 33.1 Å². The molecule has 2 aliphatic heterocycles. The Morgan fingerprint density at radius 3 is 2.40 bits per heavy atom. The molecule has 0 bridgehead atoms. The third-order valence-electron chi connectivity index (χ3n) is 8.75. The Labute approximate surface area is 277 Å². The van der Waals surface area contributed by atoms with Gasteiger partial charge in [0.2, 0.25) is 10.0 Å². The number of nitrogens with two attached hydrogens (primary N) is 1. The summed E-state index contributed by atoms with van der Waals surface area (Å²) in [6.45, 7) is 4.41. The average Bonchev–Trinajstić information content (AvgIpc) is 3.63. The molecule has 6 atom stereocenters. The van der Waals surface area contributed by atoms with E-state index in [-0.39, 0.29) is 36.8 Å². The summed E-state index contributed by atoms with van der Waals surface area (Å²) in [6, 6.07) is 13.5. The number of nitrogens with one attached hydrogen (secondary N) is 2. The maximum atomic E-state index is 14.5. The van der Waals surface area contributed by atoms with E-state index in [9.17, 15) is 26.7 Å². The summed E-state index contributed by atoms with van der Waals surface area (Å²) < 4.78 is 76.6. The molecule has 2 aromatic rings. The average molecular weight is 698 g/mol. The van der Waals surface area contributed by atoms with Crippen LogP contribution in [0.5, 0.6) is 5.75 Å². The molecule has 2 heterocycles. The van der Waals surface area contributed by atoms with Crippen LogP contribution in [-0.2, 0) is 40.5 Å². The maximum Gasteiger partial charge on any atom is 0.407 e. The van der Waals surface area contributed by atoms with Crippen LogP contribution < -0.4 is 20.5 Å². The second-order valence-corrected chi connectivity index (χ2v) is 17.2. The highest BCUT2D eigenvalue weighted by Crippen LogP contribution is 2.40. The number of fused-ring (bicyclic) bond motifs is 1. The highest BCUT2D eigenvalue weighted by molar-refractivity contribution is 7.92. The second-order valence-electron chi connectivity index (χ2n) is 13.1. The van der Waals surface area contributed by atoms with Crippen LogP contribution in [-0.4, -0.2) is 90.6 Å². The van der Waals surface area contributed by atoms with Crippen LogP contribution in [0, 0.1) is 11.3 Å². The molecular weight excluding hydrogens is 650 g/mol. The summed E-state index contributed by atoms with van der Waals surface area (Å²) in [6.07, 6.45) is -1.37. The summed E-state index contributed by atoms with van der Waals surface area (Å²) in [4.78, 5) is 10.9. The fourth-order valence-electron chi connectivity index (χ4n) is 6.31. The smallest absolute Gasteiger partial charge is 0.407 e. The van der Waals surface area contributed by atoms with E-state index in [4.69, 9.17) is 24.7 Å². The van der Waals surface area contributed by atoms with Gasteiger partial charge in [-0.25, -0.2) is 26.4 Å². The highest BCUT2D eigenvalue weighted by atomic mass is 32.2. The molecule has 0 spiro atoms. The zero-order chi connectivity index (χ0) is 34.5. The van der Waals surface area contributed by atoms with Gasteiger partial charge < -0.3 is 35.1 Å². The Hall–Kier alpha value is -2.79. The first-order chi connectivity index (χ1) is 22.0. The molecule has 1 unspecified atom stereocenters. The molecule has 5 N–H and O–H groups in total. The lowest BCUT2D eigenvalue weighted by atomic mass is 9.78. The topological polar surface area (TPSA) is 193 Å². The quantitative estimate of drug-likeness (QED) is 0.188. The molecule has 0 saturated carbocycles. The number of methoxy groups -OCH3 is 1. The van der Waals surface area contributed by atoms with Crippen molar-refractivity contribution in [2.45, 2.75) is 80.3 Å². The van der Waals surface area contributed by atoms with E-state index in [2.05, 4.69) is 10.0 Å². The minimum absolute atomic E-state index is 0.0449. The lowest BCUT2D eigenvalue weighted by Gasteiger charge is -2.42. The van der Waals surface area contributed by atoms with Gasteiger partial charge in [-0.15, -0.1) is 0 Å². The number of hydrogen-bond donors (Lipinski definition) is 4. The van der Waals surface area contributed by atoms with Crippen molar-refractivity contribution in [1.82, 2.24) is 10.0 Å². The third-order valence-corrected chi connectivity index (χ3v) is 11.8. The van der Waals surface area contributed by atoms with Gasteiger partial charge >= 0.3 is 6.09 Å². The van der Waals surface area contributed by atoms with Gasteiger partial charge in [-0.1, -0.05) is 44.2 Å². The first kappa shape index (κ1) is 37.0. The molecule has 0 aromatic heterocycles. The SMILES string of the molecule is COc1ccc(S(=O)(=O)C(N)(CC(C)(C)CCCNS(C)(=O)=O)[C@H](O)[C@H](Cc2ccccc2)NC(=O)O[C@H]2CO[C@H]3OCC[C@H]32)cc1. The number of hydrogen-bond acceptors (Lipinski definition) is 11. The molecule has 2 saturated heterocycles. The van der Waals surface area contributed by atoms with Gasteiger partial charge in [-0.05, 0) is 67.3 Å². The van der Waals surface area contributed by atoms with Crippen LogP contribution in [0.2, 0.25) is 0 Å². The molecule has 0 radical (unpaired) electrons. The van der Waals surface area contributed by atoms with Crippen LogP contribution in [0.1, 0.15) is 45.1 Å².